The number of allylic oxidation sites excluding steroid dienone is 1. The molecule has 0 aliphatic heterocycles. The summed E-state index contributed by atoms with van der Waals surface area (Å²) in [5.74, 6) is -0.728. The molecule has 2 N–H and O–H groups in total. The second-order valence-electron chi connectivity index (χ2n) is 5.88. The minimum atomic E-state index is -0.583. The largest absolute Gasteiger partial charge is 0.508 e. The Hall–Kier alpha value is -3.07. The molecule has 0 spiro atoms. The van der Waals surface area contributed by atoms with E-state index < -0.39 is 5.82 Å². The molecule has 2 nitrogen and oxygen atoms in total. The van der Waals surface area contributed by atoms with Gasteiger partial charge in [-0.25, -0.2) is 4.39 Å². The maximum absolute atomic E-state index is 14.7. The van der Waals surface area contributed by atoms with Crippen LogP contribution < -0.4 is 0 Å². The van der Waals surface area contributed by atoms with Crippen molar-refractivity contribution < 1.29 is 14.6 Å². The first-order valence-electron chi connectivity index (χ1n) is 7.74. The van der Waals surface area contributed by atoms with Crippen molar-refractivity contribution in [3.63, 3.8) is 0 Å². The molecule has 0 saturated heterocycles. The number of fused-ring (bicyclic) bond motifs is 1. The fourth-order valence-corrected chi connectivity index (χ4v) is 3.28. The fourth-order valence-electron chi connectivity index (χ4n) is 3.28. The minimum Gasteiger partial charge on any atom is -0.508 e. The van der Waals surface area contributed by atoms with Gasteiger partial charge < -0.3 is 10.2 Å². The standard InChI is InChI=1S/C21H15FO2/c22-21-18(24)11-8-15-12-17(13-6-9-16(23)10-7-13)19(20(15)21)14-4-2-1-3-5-14/h1-11,23-24H,12H2. The number of aromatic hydroxyl groups is 2. The van der Waals surface area contributed by atoms with Gasteiger partial charge in [-0.1, -0.05) is 48.5 Å². The van der Waals surface area contributed by atoms with Gasteiger partial charge in [-0.3, -0.25) is 0 Å². The first kappa shape index (κ1) is 14.5. The summed E-state index contributed by atoms with van der Waals surface area (Å²) < 4.78 is 14.7. The van der Waals surface area contributed by atoms with E-state index in [4.69, 9.17) is 0 Å². The van der Waals surface area contributed by atoms with E-state index in [0.29, 0.717) is 12.0 Å². The topological polar surface area (TPSA) is 40.5 Å². The first-order valence-corrected chi connectivity index (χ1v) is 7.74. The van der Waals surface area contributed by atoms with E-state index in [1.54, 1.807) is 18.2 Å². The summed E-state index contributed by atoms with van der Waals surface area (Å²) >= 11 is 0. The monoisotopic (exact) mass is 318 g/mol. The molecule has 4 rings (SSSR count). The second-order valence-corrected chi connectivity index (χ2v) is 5.88. The Labute approximate surface area is 139 Å². The molecule has 0 heterocycles. The summed E-state index contributed by atoms with van der Waals surface area (Å²) in [6.07, 6.45) is 0.585. The van der Waals surface area contributed by atoms with Crippen LogP contribution in [0.25, 0.3) is 11.1 Å². The molecule has 0 fully saturated rings. The Bertz CT molecular complexity index is 942. The van der Waals surface area contributed by atoms with Crippen LogP contribution in [0.4, 0.5) is 4.39 Å². The van der Waals surface area contributed by atoms with E-state index >= 15 is 0 Å². The zero-order chi connectivity index (χ0) is 16.7. The molecular weight excluding hydrogens is 303 g/mol. The lowest BCUT2D eigenvalue weighted by molar-refractivity contribution is 0.431. The molecule has 3 heteroatoms. The van der Waals surface area contributed by atoms with Crippen LogP contribution in [0.3, 0.4) is 0 Å². The average Bonchev–Trinajstić information content (AvgIpc) is 3.00. The van der Waals surface area contributed by atoms with Gasteiger partial charge in [0.25, 0.3) is 0 Å². The SMILES string of the molecule is Oc1ccc(C2=C(c3ccccc3)c3c(ccc(O)c3F)C2)cc1. The van der Waals surface area contributed by atoms with Gasteiger partial charge in [-0.15, -0.1) is 0 Å². The quantitative estimate of drug-likeness (QED) is 0.715. The third-order valence-corrected chi connectivity index (χ3v) is 4.41. The Kier molecular flexibility index (Phi) is 3.35. The number of halogens is 1. The van der Waals surface area contributed by atoms with Gasteiger partial charge in [-0.05, 0) is 52.5 Å². The lowest BCUT2D eigenvalue weighted by atomic mass is 9.94. The van der Waals surface area contributed by atoms with E-state index in [1.165, 1.54) is 6.07 Å². The first-order chi connectivity index (χ1) is 11.6. The fraction of sp³-hybridized carbons (Fsp3) is 0.0476. The van der Waals surface area contributed by atoms with E-state index in [0.717, 1.165) is 27.8 Å². The van der Waals surface area contributed by atoms with Crippen molar-refractivity contribution in [1.29, 1.82) is 0 Å². The van der Waals surface area contributed by atoms with Crippen molar-refractivity contribution >= 4 is 11.1 Å². The smallest absolute Gasteiger partial charge is 0.172 e. The van der Waals surface area contributed by atoms with Gasteiger partial charge in [0.05, 0.1) is 0 Å². The van der Waals surface area contributed by atoms with Crippen LogP contribution in [-0.2, 0) is 6.42 Å². The number of hydrogen-bond acceptors (Lipinski definition) is 2. The molecule has 0 amide bonds. The lowest BCUT2D eigenvalue weighted by Crippen LogP contribution is -1.93. The van der Waals surface area contributed by atoms with E-state index in [2.05, 4.69) is 0 Å². The summed E-state index contributed by atoms with van der Waals surface area (Å²) in [6.45, 7) is 0. The molecule has 1 aliphatic carbocycles. The maximum Gasteiger partial charge on any atom is 0.172 e. The molecule has 0 atom stereocenters. The van der Waals surface area contributed by atoms with Crippen LogP contribution in [0.5, 0.6) is 11.5 Å². The maximum atomic E-state index is 14.7. The van der Waals surface area contributed by atoms with Crippen LogP contribution >= 0.6 is 0 Å². The number of phenols is 2. The van der Waals surface area contributed by atoms with Crippen molar-refractivity contribution in [3.8, 4) is 11.5 Å². The number of rotatable bonds is 2. The molecule has 24 heavy (non-hydrogen) atoms. The molecule has 0 bridgehead atoms. The van der Waals surface area contributed by atoms with Crippen molar-refractivity contribution in [2.75, 3.05) is 0 Å². The lowest BCUT2D eigenvalue weighted by Gasteiger charge is -2.11. The van der Waals surface area contributed by atoms with Gasteiger partial charge >= 0.3 is 0 Å². The van der Waals surface area contributed by atoms with Gasteiger partial charge in [0.15, 0.2) is 11.6 Å². The van der Waals surface area contributed by atoms with Crippen LogP contribution in [-0.4, -0.2) is 10.2 Å². The van der Waals surface area contributed by atoms with Crippen molar-refractivity contribution in [1.82, 2.24) is 0 Å². The molecule has 3 aromatic rings. The molecule has 0 unspecified atom stereocenters. The van der Waals surface area contributed by atoms with E-state index in [-0.39, 0.29) is 11.5 Å². The van der Waals surface area contributed by atoms with Crippen molar-refractivity contribution in [2.24, 2.45) is 0 Å². The van der Waals surface area contributed by atoms with Crippen LogP contribution in [0.1, 0.15) is 22.3 Å². The number of phenolic OH excluding ortho intramolecular Hbond substituents is 2. The summed E-state index contributed by atoms with van der Waals surface area (Å²) in [5.41, 5.74) is 4.94. The van der Waals surface area contributed by atoms with Crippen LogP contribution in [0.15, 0.2) is 66.7 Å². The minimum absolute atomic E-state index is 0.194. The summed E-state index contributed by atoms with van der Waals surface area (Å²) in [4.78, 5) is 0. The Morgan fingerprint density at radius 2 is 1.46 bits per heavy atom. The molecule has 0 saturated carbocycles. The summed E-state index contributed by atoms with van der Waals surface area (Å²) in [5, 5.41) is 19.3. The zero-order valence-electron chi connectivity index (χ0n) is 12.8. The number of hydrogen-bond donors (Lipinski definition) is 2. The summed E-state index contributed by atoms with van der Waals surface area (Å²) in [7, 11) is 0. The van der Waals surface area contributed by atoms with Gasteiger partial charge in [-0.2, -0.15) is 0 Å². The van der Waals surface area contributed by atoms with E-state index in [1.807, 2.05) is 42.5 Å². The van der Waals surface area contributed by atoms with E-state index in [9.17, 15) is 14.6 Å². The molecule has 0 radical (unpaired) electrons. The normalized spacial score (nSPS) is 13.2. The summed E-state index contributed by atoms with van der Waals surface area (Å²) in [6, 6.07) is 19.7. The number of benzene rings is 3. The Morgan fingerprint density at radius 1 is 0.750 bits per heavy atom. The average molecular weight is 318 g/mol. The second kappa shape index (κ2) is 5.53. The molecule has 3 aromatic carbocycles. The molecule has 0 aromatic heterocycles. The third kappa shape index (κ3) is 2.26. The van der Waals surface area contributed by atoms with Gasteiger partial charge in [0.1, 0.15) is 5.75 Å². The van der Waals surface area contributed by atoms with Crippen molar-refractivity contribution in [2.45, 2.75) is 6.42 Å². The molecule has 1 aliphatic rings. The van der Waals surface area contributed by atoms with Crippen LogP contribution in [0.2, 0.25) is 0 Å². The van der Waals surface area contributed by atoms with Crippen molar-refractivity contribution in [3.05, 3.63) is 94.8 Å². The molecule has 118 valence electrons. The highest BCUT2D eigenvalue weighted by atomic mass is 19.1. The predicted molar refractivity (Wildman–Crippen MR) is 92.2 cm³/mol. The van der Waals surface area contributed by atoms with Crippen LogP contribution in [0, 0.1) is 5.82 Å². The predicted octanol–water partition coefficient (Wildman–Crippen LogP) is 4.75. The zero-order valence-corrected chi connectivity index (χ0v) is 12.8. The molecular formula is C21H15FO2. The highest BCUT2D eigenvalue weighted by Crippen LogP contribution is 2.45. The van der Waals surface area contributed by atoms with Gasteiger partial charge in [0, 0.05) is 5.56 Å². The van der Waals surface area contributed by atoms with Gasteiger partial charge in [0.2, 0.25) is 0 Å². The third-order valence-electron chi connectivity index (χ3n) is 4.41. The Morgan fingerprint density at radius 3 is 2.17 bits per heavy atom. The highest BCUT2D eigenvalue weighted by molar-refractivity contribution is 6.04. The highest BCUT2D eigenvalue weighted by Gasteiger charge is 2.28. The Balaban J connectivity index is 2.00.